The van der Waals surface area contributed by atoms with Crippen molar-refractivity contribution in [2.75, 3.05) is 0 Å². The molecule has 3 rings (SSSR count). The number of hydrogen-bond acceptors (Lipinski definition) is 3. The minimum atomic E-state index is -1.03. The van der Waals surface area contributed by atoms with Crippen LogP contribution in [0.3, 0.4) is 0 Å². The van der Waals surface area contributed by atoms with Gasteiger partial charge in [0.2, 0.25) is 0 Å². The van der Waals surface area contributed by atoms with Crippen LogP contribution in [0.25, 0.3) is 0 Å². The van der Waals surface area contributed by atoms with Crippen LogP contribution in [0.1, 0.15) is 25.7 Å². The highest BCUT2D eigenvalue weighted by Gasteiger charge is 2.47. The van der Waals surface area contributed by atoms with Crippen LogP contribution >= 0.6 is 0 Å². The number of nitrogens with two attached hydrogens (primary N) is 1. The summed E-state index contributed by atoms with van der Waals surface area (Å²) in [4.78, 5) is 22.3. The summed E-state index contributed by atoms with van der Waals surface area (Å²) in [6.07, 6.45) is 2.12. The Labute approximate surface area is 75.6 Å². The summed E-state index contributed by atoms with van der Waals surface area (Å²) in [7, 11) is 0. The fraction of sp³-hybridized carbons (Fsp3) is 0.750. The van der Waals surface area contributed by atoms with Crippen molar-refractivity contribution in [1.82, 2.24) is 5.32 Å². The second kappa shape index (κ2) is 2.61. The number of fused-ring (bicyclic) bond motifs is 4. The zero-order chi connectivity index (χ0) is 9.47. The Bertz CT molecular complexity index is 256. The van der Waals surface area contributed by atoms with Crippen LogP contribution < -0.4 is 11.1 Å². The molecule has 0 aromatic heterocycles. The van der Waals surface area contributed by atoms with E-state index in [4.69, 9.17) is 10.5 Å². The first-order valence-corrected chi connectivity index (χ1v) is 4.42. The first-order valence-electron chi connectivity index (χ1n) is 4.42. The summed E-state index contributed by atoms with van der Waals surface area (Å²) in [5.74, 6) is -0.525. The zero-order valence-electron chi connectivity index (χ0n) is 7.21. The predicted octanol–water partition coefficient (Wildman–Crippen LogP) is -0.107. The Morgan fingerprint density at radius 2 is 2.15 bits per heavy atom. The van der Waals surface area contributed by atoms with E-state index in [9.17, 15) is 9.59 Å². The van der Waals surface area contributed by atoms with Gasteiger partial charge in [-0.25, -0.2) is 4.79 Å². The van der Waals surface area contributed by atoms with Crippen molar-refractivity contribution in [2.45, 2.75) is 37.3 Å². The van der Waals surface area contributed by atoms with Gasteiger partial charge in [-0.1, -0.05) is 0 Å². The monoisotopic (exact) mass is 184 g/mol. The molecule has 1 aliphatic carbocycles. The van der Waals surface area contributed by atoms with Crippen molar-refractivity contribution in [1.29, 1.82) is 0 Å². The average molecular weight is 184 g/mol. The van der Waals surface area contributed by atoms with Crippen molar-refractivity contribution >= 4 is 12.0 Å². The topological polar surface area (TPSA) is 81.4 Å². The van der Waals surface area contributed by atoms with E-state index in [2.05, 4.69) is 5.32 Å². The third-order valence-corrected chi connectivity index (χ3v) is 2.85. The molecule has 2 amide bonds. The molecule has 0 atom stereocenters. The molecule has 3 N–H and O–H groups in total. The second-order valence-electron chi connectivity index (χ2n) is 3.67. The normalized spacial score (nSPS) is 37.5. The molecule has 5 heteroatoms. The molecule has 0 spiro atoms. The number of primary amides is 1. The molecule has 0 unspecified atom stereocenters. The summed E-state index contributed by atoms with van der Waals surface area (Å²) in [5, 5.41) is 2.68. The Morgan fingerprint density at radius 1 is 1.54 bits per heavy atom. The standard InChI is InChI=1S/C8H12N2O3/c9-6(11)8-3-1-5(2-4-8)10-7(12)13-8/h5H,1-4H2,(H2,9,11)(H,10,12). The maximum Gasteiger partial charge on any atom is 0.408 e. The van der Waals surface area contributed by atoms with Crippen LogP contribution in [0, 0.1) is 0 Å². The van der Waals surface area contributed by atoms with Gasteiger partial charge in [0.15, 0.2) is 5.60 Å². The van der Waals surface area contributed by atoms with E-state index in [-0.39, 0.29) is 6.04 Å². The molecule has 2 heterocycles. The molecule has 3 fully saturated rings. The summed E-state index contributed by atoms with van der Waals surface area (Å²) in [5.41, 5.74) is 4.19. The Kier molecular flexibility index (Phi) is 1.68. The van der Waals surface area contributed by atoms with Crippen LogP contribution in [0.5, 0.6) is 0 Å². The number of nitrogens with one attached hydrogen (secondary N) is 1. The van der Waals surface area contributed by atoms with Crippen LogP contribution in [-0.4, -0.2) is 23.6 Å². The van der Waals surface area contributed by atoms with Crippen LogP contribution in [0.4, 0.5) is 4.79 Å². The molecule has 2 bridgehead atoms. The Hall–Kier alpha value is -1.26. The third-order valence-electron chi connectivity index (χ3n) is 2.85. The number of ether oxygens (including phenoxy) is 1. The number of carbonyl (C=O) groups excluding carboxylic acids is 2. The Balaban J connectivity index is 2.28. The average Bonchev–Trinajstić information content (AvgIpc) is 2.32. The lowest BCUT2D eigenvalue weighted by atomic mass is 9.82. The van der Waals surface area contributed by atoms with Gasteiger partial charge in [-0.2, -0.15) is 0 Å². The largest absolute Gasteiger partial charge is 0.433 e. The lowest BCUT2D eigenvalue weighted by Gasteiger charge is -2.30. The molecule has 5 nitrogen and oxygen atoms in total. The first kappa shape index (κ1) is 8.34. The smallest absolute Gasteiger partial charge is 0.408 e. The first-order chi connectivity index (χ1) is 6.12. The van der Waals surface area contributed by atoms with E-state index < -0.39 is 17.6 Å². The van der Waals surface area contributed by atoms with Gasteiger partial charge in [-0.3, -0.25) is 4.79 Å². The zero-order valence-corrected chi connectivity index (χ0v) is 7.21. The lowest BCUT2D eigenvalue weighted by molar-refractivity contribution is -0.138. The van der Waals surface area contributed by atoms with E-state index in [0.717, 1.165) is 12.8 Å². The second-order valence-corrected chi connectivity index (χ2v) is 3.67. The highest BCUT2D eigenvalue weighted by atomic mass is 16.6. The minimum Gasteiger partial charge on any atom is -0.433 e. The highest BCUT2D eigenvalue weighted by Crippen LogP contribution is 2.34. The molecule has 13 heavy (non-hydrogen) atoms. The SMILES string of the molecule is NC(=O)C12CCC(CC1)NC(=O)O2. The molecular formula is C8H12N2O3. The fourth-order valence-corrected chi connectivity index (χ4v) is 2.00. The van der Waals surface area contributed by atoms with Crippen LogP contribution in [0.15, 0.2) is 0 Å². The van der Waals surface area contributed by atoms with Crippen molar-refractivity contribution in [3.63, 3.8) is 0 Å². The number of amides is 2. The highest BCUT2D eigenvalue weighted by molar-refractivity contribution is 5.87. The molecule has 1 saturated carbocycles. The number of carbonyl (C=O) groups is 2. The van der Waals surface area contributed by atoms with Gasteiger partial charge in [0.1, 0.15) is 0 Å². The van der Waals surface area contributed by atoms with Crippen molar-refractivity contribution in [3.05, 3.63) is 0 Å². The van der Waals surface area contributed by atoms with Crippen LogP contribution in [-0.2, 0) is 9.53 Å². The van der Waals surface area contributed by atoms with Gasteiger partial charge in [0.05, 0.1) is 0 Å². The van der Waals surface area contributed by atoms with E-state index in [1.165, 1.54) is 0 Å². The molecule has 72 valence electrons. The third kappa shape index (κ3) is 1.24. The van der Waals surface area contributed by atoms with E-state index in [1.807, 2.05) is 0 Å². The lowest BCUT2D eigenvalue weighted by Crippen LogP contribution is -2.48. The van der Waals surface area contributed by atoms with Crippen molar-refractivity contribution in [3.8, 4) is 0 Å². The maximum atomic E-state index is 11.1. The van der Waals surface area contributed by atoms with E-state index >= 15 is 0 Å². The molecule has 0 aromatic rings. The Morgan fingerprint density at radius 3 is 2.69 bits per heavy atom. The minimum absolute atomic E-state index is 0.155. The molecule has 2 aliphatic heterocycles. The molecule has 0 aromatic carbocycles. The van der Waals surface area contributed by atoms with Crippen LogP contribution in [0.2, 0.25) is 0 Å². The fourth-order valence-electron chi connectivity index (χ4n) is 2.00. The summed E-state index contributed by atoms with van der Waals surface area (Å²) in [6.45, 7) is 0. The number of hydrogen-bond donors (Lipinski definition) is 2. The van der Waals surface area contributed by atoms with Crippen molar-refractivity contribution in [2.24, 2.45) is 5.73 Å². The molecular weight excluding hydrogens is 172 g/mol. The molecule has 0 radical (unpaired) electrons. The summed E-state index contributed by atoms with van der Waals surface area (Å²) in [6, 6.07) is 0.155. The van der Waals surface area contributed by atoms with Gasteiger partial charge in [-0.15, -0.1) is 0 Å². The van der Waals surface area contributed by atoms with Gasteiger partial charge >= 0.3 is 6.09 Å². The predicted molar refractivity (Wildman–Crippen MR) is 43.8 cm³/mol. The van der Waals surface area contributed by atoms with E-state index in [1.54, 1.807) is 0 Å². The van der Waals surface area contributed by atoms with E-state index in [0.29, 0.717) is 12.8 Å². The van der Waals surface area contributed by atoms with Gasteiger partial charge < -0.3 is 15.8 Å². The molecule has 2 saturated heterocycles. The van der Waals surface area contributed by atoms with Crippen molar-refractivity contribution < 1.29 is 14.3 Å². The number of rotatable bonds is 1. The maximum absolute atomic E-state index is 11.1. The summed E-state index contributed by atoms with van der Waals surface area (Å²) >= 11 is 0. The van der Waals surface area contributed by atoms with Gasteiger partial charge in [0.25, 0.3) is 5.91 Å². The molecule has 3 aliphatic rings. The summed E-state index contributed by atoms with van der Waals surface area (Å²) < 4.78 is 5.03. The number of alkyl carbamates (subject to hydrolysis) is 1. The quantitative estimate of drug-likeness (QED) is 0.596. The van der Waals surface area contributed by atoms with Gasteiger partial charge in [0, 0.05) is 6.04 Å². The van der Waals surface area contributed by atoms with Gasteiger partial charge in [-0.05, 0) is 25.7 Å².